The molecule has 1 aliphatic heterocycles. The fourth-order valence-electron chi connectivity index (χ4n) is 3.56. The van der Waals surface area contributed by atoms with Crippen molar-refractivity contribution in [3.8, 4) is 0 Å². The number of guanidine groups is 1. The van der Waals surface area contributed by atoms with Crippen molar-refractivity contribution in [2.45, 2.75) is 25.1 Å². The Hall–Kier alpha value is -1.55. The van der Waals surface area contributed by atoms with Crippen molar-refractivity contribution < 1.29 is 13.2 Å². The second-order valence-electron chi connectivity index (χ2n) is 6.87. The first-order valence-electron chi connectivity index (χ1n) is 9.17. The lowest BCUT2D eigenvalue weighted by Gasteiger charge is -2.20. The van der Waals surface area contributed by atoms with Gasteiger partial charge in [0.1, 0.15) is 0 Å². The second-order valence-corrected chi connectivity index (χ2v) is 6.87. The van der Waals surface area contributed by atoms with E-state index in [1.807, 2.05) is 12.1 Å². The Bertz CT molecular complexity index is 789. The molecule has 0 bridgehead atoms. The Morgan fingerprint density at radius 2 is 1.93 bits per heavy atom. The first-order valence-corrected chi connectivity index (χ1v) is 9.17. The van der Waals surface area contributed by atoms with Crippen LogP contribution in [0.5, 0.6) is 0 Å². The lowest BCUT2D eigenvalue weighted by atomic mass is 10.0. The van der Waals surface area contributed by atoms with Crippen molar-refractivity contribution in [1.82, 2.24) is 15.5 Å². The Balaban J connectivity index is 0.00000280. The maximum Gasteiger partial charge on any atom is 0.401 e. The van der Waals surface area contributed by atoms with Gasteiger partial charge < -0.3 is 10.6 Å². The molecule has 4 nitrogen and oxygen atoms in total. The van der Waals surface area contributed by atoms with Crippen molar-refractivity contribution in [2.75, 3.05) is 33.2 Å². The van der Waals surface area contributed by atoms with Gasteiger partial charge in [-0.2, -0.15) is 13.2 Å². The molecule has 0 radical (unpaired) electrons. The van der Waals surface area contributed by atoms with Crippen LogP contribution in [0.2, 0.25) is 0 Å². The van der Waals surface area contributed by atoms with Gasteiger partial charge in [-0.1, -0.05) is 42.5 Å². The summed E-state index contributed by atoms with van der Waals surface area (Å²) in [5.41, 5.74) is 1.26. The van der Waals surface area contributed by atoms with Gasteiger partial charge in [-0.05, 0) is 29.2 Å². The number of halogens is 4. The number of nitrogens with zero attached hydrogens (tertiary/aromatic N) is 2. The monoisotopic (exact) mass is 506 g/mol. The standard InChI is InChI=1S/C20H25F3N4.HI/c1-24-19(26-17-10-12-27(13-17)14-20(21,22)23)25-11-9-16-7-4-6-15-5-2-3-8-18(15)16;/h2-8,17H,9-14H2,1H3,(H2,24,25,26);1H. The molecule has 2 aromatic rings. The van der Waals surface area contributed by atoms with Crippen molar-refractivity contribution >= 4 is 40.7 Å². The second kappa shape index (κ2) is 10.3. The number of nitrogens with one attached hydrogen (secondary N) is 2. The highest BCUT2D eigenvalue weighted by Crippen LogP contribution is 2.20. The Labute approximate surface area is 180 Å². The number of alkyl halides is 3. The Kier molecular flexibility index (Phi) is 8.36. The third-order valence-electron chi connectivity index (χ3n) is 4.81. The molecule has 0 aliphatic carbocycles. The average Bonchev–Trinajstić information content (AvgIpc) is 3.06. The van der Waals surface area contributed by atoms with Crippen LogP contribution >= 0.6 is 24.0 Å². The maximum absolute atomic E-state index is 12.5. The molecule has 8 heteroatoms. The van der Waals surface area contributed by atoms with E-state index in [0.717, 1.165) is 6.42 Å². The molecule has 1 atom stereocenters. The van der Waals surface area contributed by atoms with Gasteiger partial charge in [-0.3, -0.25) is 9.89 Å². The van der Waals surface area contributed by atoms with Gasteiger partial charge in [0.2, 0.25) is 0 Å². The van der Waals surface area contributed by atoms with Gasteiger partial charge in [-0.15, -0.1) is 24.0 Å². The number of rotatable bonds is 5. The lowest BCUT2D eigenvalue weighted by Crippen LogP contribution is -2.45. The number of likely N-dealkylation sites (tertiary alicyclic amines) is 1. The molecule has 0 spiro atoms. The molecule has 1 unspecified atom stereocenters. The van der Waals surface area contributed by atoms with Crippen LogP contribution in [0.25, 0.3) is 10.8 Å². The highest BCUT2D eigenvalue weighted by Gasteiger charge is 2.34. The van der Waals surface area contributed by atoms with Crippen LogP contribution in [0, 0.1) is 0 Å². The smallest absolute Gasteiger partial charge is 0.356 e. The van der Waals surface area contributed by atoms with Crippen molar-refractivity contribution in [3.63, 3.8) is 0 Å². The van der Waals surface area contributed by atoms with Crippen LogP contribution in [-0.4, -0.2) is 56.3 Å². The van der Waals surface area contributed by atoms with Crippen molar-refractivity contribution in [2.24, 2.45) is 4.99 Å². The number of hydrogen-bond donors (Lipinski definition) is 2. The Morgan fingerprint density at radius 3 is 2.68 bits per heavy atom. The zero-order valence-electron chi connectivity index (χ0n) is 15.8. The molecule has 0 amide bonds. The van der Waals surface area contributed by atoms with Crippen LogP contribution in [0.3, 0.4) is 0 Å². The first-order chi connectivity index (χ1) is 12.9. The van der Waals surface area contributed by atoms with Gasteiger partial charge in [0.25, 0.3) is 0 Å². The van der Waals surface area contributed by atoms with E-state index in [0.29, 0.717) is 32.0 Å². The minimum atomic E-state index is -4.15. The van der Waals surface area contributed by atoms with E-state index in [1.54, 1.807) is 7.05 Å². The fourth-order valence-corrected chi connectivity index (χ4v) is 3.56. The predicted molar refractivity (Wildman–Crippen MR) is 118 cm³/mol. The summed E-state index contributed by atoms with van der Waals surface area (Å²) in [6, 6.07) is 14.5. The molecule has 1 fully saturated rings. The molecule has 154 valence electrons. The van der Waals surface area contributed by atoms with Crippen LogP contribution in [0.4, 0.5) is 13.2 Å². The third-order valence-corrected chi connectivity index (χ3v) is 4.81. The van der Waals surface area contributed by atoms with E-state index in [-0.39, 0.29) is 30.0 Å². The lowest BCUT2D eigenvalue weighted by molar-refractivity contribution is -0.143. The molecule has 0 saturated carbocycles. The minimum absolute atomic E-state index is 0. The summed E-state index contributed by atoms with van der Waals surface area (Å²) < 4.78 is 37.5. The van der Waals surface area contributed by atoms with E-state index in [9.17, 15) is 13.2 Å². The summed E-state index contributed by atoms with van der Waals surface area (Å²) in [7, 11) is 1.68. The number of aliphatic imine (C=N–C) groups is 1. The first kappa shape index (κ1) is 22.7. The summed E-state index contributed by atoms with van der Waals surface area (Å²) in [5.74, 6) is 0.633. The fraction of sp³-hybridized carbons (Fsp3) is 0.450. The van der Waals surface area contributed by atoms with Crippen molar-refractivity contribution in [1.29, 1.82) is 0 Å². The molecule has 1 heterocycles. The molecule has 1 saturated heterocycles. The molecule has 2 N–H and O–H groups in total. The summed E-state index contributed by atoms with van der Waals surface area (Å²) >= 11 is 0. The van der Waals surface area contributed by atoms with E-state index < -0.39 is 12.7 Å². The molecular formula is C20H26F3IN4. The molecule has 0 aromatic heterocycles. The summed E-state index contributed by atoms with van der Waals surface area (Å²) in [6.07, 6.45) is -2.62. The van der Waals surface area contributed by atoms with E-state index in [2.05, 4.69) is 46.0 Å². The van der Waals surface area contributed by atoms with Gasteiger partial charge in [0, 0.05) is 32.7 Å². The zero-order valence-corrected chi connectivity index (χ0v) is 18.1. The zero-order chi connectivity index (χ0) is 19.3. The third kappa shape index (κ3) is 6.51. The van der Waals surface area contributed by atoms with Gasteiger partial charge >= 0.3 is 6.18 Å². The predicted octanol–water partition coefficient (Wildman–Crippen LogP) is 3.80. The highest BCUT2D eigenvalue weighted by molar-refractivity contribution is 14.0. The molecule has 28 heavy (non-hydrogen) atoms. The van der Waals surface area contributed by atoms with Gasteiger partial charge in [0.05, 0.1) is 6.54 Å². The summed E-state index contributed by atoms with van der Waals surface area (Å²) in [5, 5.41) is 8.96. The maximum atomic E-state index is 12.5. The SMILES string of the molecule is CN=C(NCCc1cccc2ccccc12)NC1CCN(CC(F)(F)F)C1.I. The summed E-state index contributed by atoms with van der Waals surface area (Å²) in [4.78, 5) is 5.63. The van der Waals surface area contributed by atoms with Crippen LogP contribution in [-0.2, 0) is 6.42 Å². The molecule has 2 aromatic carbocycles. The van der Waals surface area contributed by atoms with Crippen LogP contribution in [0.15, 0.2) is 47.5 Å². The van der Waals surface area contributed by atoms with E-state index in [4.69, 9.17) is 0 Å². The van der Waals surface area contributed by atoms with Crippen LogP contribution < -0.4 is 10.6 Å². The highest BCUT2D eigenvalue weighted by atomic mass is 127. The summed E-state index contributed by atoms with van der Waals surface area (Å²) in [6.45, 7) is 0.679. The quantitative estimate of drug-likeness (QED) is 0.369. The minimum Gasteiger partial charge on any atom is -0.356 e. The normalized spacial score (nSPS) is 18.1. The van der Waals surface area contributed by atoms with Gasteiger partial charge in [0.15, 0.2) is 5.96 Å². The average molecular weight is 506 g/mol. The molecule has 3 rings (SSSR count). The topological polar surface area (TPSA) is 39.7 Å². The van der Waals surface area contributed by atoms with E-state index in [1.165, 1.54) is 21.2 Å². The number of hydrogen-bond acceptors (Lipinski definition) is 2. The Morgan fingerprint density at radius 1 is 1.18 bits per heavy atom. The van der Waals surface area contributed by atoms with Gasteiger partial charge in [-0.25, -0.2) is 0 Å². The largest absolute Gasteiger partial charge is 0.401 e. The van der Waals surface area contributed by atoms with Crippen molar-refractivity contribution in [3.05, 3.63) is 48.0 Å². The van der Waals surface area contributed by atoms with Crippen LogP contribution in [0.1, 0.15) is 12.0 Å². The number of benzene rings is 2. The number of fused-ring (bicyclic) bond motifs is 1. The molecule has 1 aliphatic rings. The molecular weight excluding hydrogens is 480 g/mol. The van der Waals surface area contributed by atoms with E-state index >= 15 is 0 Å².